The molecule has 0 saturated carbocycles. The first-order chi connectivity index (χ1) is 11.7. The fourth-order valence-corrected chi connectivity index (χ4v) is 4.57. The maximum absolute atomic E-state index is 12.5. The van der Waals surface area contributed by atoms with Crippen LogP contribution in [0.15, 0.2) is 24.4 Å². The molecule has 0 radical (unpaired) electrons. The summed E-state index contributed by atoms with van der Waals surface area (Å²) in [6, 6.07) is 5.58. The van der Waals surface area contributed by atoms with Gasteiger partial charge in [-0.05, 0) is 56.6 Å². The van der Waals surface area contributed by atoms with Crippen LogP contribution in [-0.4, -0.2) is 56.3 Å². The van der Waals surface area contributed by atoms with Crippen LogP contribution in [0.2, 0.25) is 0 Å². The number of benzene rings is 1. The molecule has 0 aliphatic carbocycles. The van der Waals surface area contributed by atoms with Gasteiger partial charge < -0.3 is 9.88 Å². The van der Waals surface area contributed by atoms with Gasteiger partial charge in [0.1, 0.15) is 0 Å². The van der Waals surface area contributed by atoms with Crippen molar-refractivity contribution in [3.8, 4) is 0 Å². The topological polar surface area (TPSA) is 56.4 Å². The smallest absolute Gasteiger partial charge is 0.218 e. The summed E-state index contributed by atoms with van der Waals surface area (Å²) >= 11 is 0. The predicted molar refractivity (Wildman–Crippen MR) is 94.0 cm³/mol. The van der Waals surface area contributed by atoms with Gasteiger partial charge in [0.2, 0.25) is 10.0 Å². The molecule has 1 aromatic carbocycles. The standard InChI is InChI=1S/C17H25N3O2S/c1-19(2)10-7-15-12-18-17-6-5-14(11-16(15)17)13-23(21,22)20-8-3-4-9-20/h5-6,11-12,18H,3-4,7-10,13H2,1-2H3/i10D2. The molecule has 0 bridgehead atoms. The van der Waals surface area contributed by atoms with E-state index in [1.807, 2.05) is 24.4 Å². The summed E-state index contributed by atoms with van der Waals surface area (Å²) in [6.45, 7) is -0.237. The summed E-state index contributed by atoms with van der Waals surface area (Å²) in [5, 5.41) is 0.889. The first-order valence-corrected chi connectivity index (χ1v) is 9.54. The highest BCUT2D eigenvalue weighted by Crippen LogP contribution is 2.23. The zero-order valence-corrected chi connectivity index (χ0v) is 14.5. The van der Waals surface area contributed by atoms with Gasteiger partial charge in [-0.1, -0.05) is 6.07 Å². The number of aromatic nitrogens is 1. The van der Waals surface area contributed by atoms with Gasteiger partial charge in [0.25, 0.3) is 0 Å². The summed E-state index contributed by atoms with van der Waals surface area (Å²) in [7, 11) is 0.137. The maximum atomic E-state index is 12.5. The van der Waals surface area contributed by atoms with Gasteiger partial charge in [-0.25, -0.2) is 12.7 Å². The van der Waals surface area contributed by atoms with Gasteiger partial charge in [-0.15, -0.1) is 0 Å². The molecular weight excluding hydrogens is 310 g/mol. The van der Waals surface area contributed by atoms with E-state index >= 15 is 0 Å². The average Bonchev–Trinajstić information content (AvgIpc) is 3.17. The first kappa shape index (κ1) is 14.0. The summed E-state index contributed by atoms with van der Waals surface area (Å²) in [5.74, 6) is -0.00582. The van der Waals surface area contributed by atoms with Gasteiger partial charge in [-0.2, -0.15) is 0 Å². The minimum Gasteiger partial charge on any atom is -0.361 e. The van der Waals surface area contributed by atoms with Crippen LogP contribution in [0.5, 0.6) is 0 Å². The average molecular weight is 337 g/mol. The third kappa shape index (κ3) is 3.76. The SMILES string of the molecule is [2H]C([2H])(Cc1c[nH]c2ccc(CS(=O)(=O)N3CCCC3)cc12)N(C)C. The number of nitrogens with zero attached hydrogens (tertiary/aromatic N) is 2. The summed E-state index contributed by atoms with van der Waals surface area (Å²) in [4.78, 5) is 4.70. The van der Waals surface area contributed by atoms with Crippen molar-refractivity contribution in [1.29, 1.82) is 0 Å². The highest BCUT2D eigenvalue weighted by molar-refractivity contribution is 7.88. The Bertz CT molecular complexity index is 856. The monoisotopic (exact) mass is 337 g/mol. The minimum atomic E-state index is -3.29. The van der Waals surface area contributed by atoms with Crippen molar-refractivity contribution < 1.29 is 11.2 Å². The van der Waals surface area contributed by atoms with Crippen LogP contribution < -0.4 is 0 Å². The third-order valence-corrected chi connectivity index (χ3v) is 6.08. The van der Waals surface area contributed by atoms with Gasteiger partial charge in [0.15, 0.2) is 0 Å². The Morgan fingerprint density at radius 3 is 2.74 bits per heavy atom. The fraction of sp³-hybridized carbons (Fsp3) is 0.529. The first-order valence-electron chi connectivity index (χ1n) is 8.93. The quantitative estimate of drug-likeness (QED) is 0.879. The van der Waals surface area contributed by atoms with Crippen molar-refractivity contribution in [2.24, 2.45) is 0 Å². The van der Waals surface area contributed by atoms with E-state index < -0.39 is 16.5 Å². The van der Waals surface area contributed by atoms with E-state index in [1.165, 1.54) is 0 Å². The molecule has 1 aliphatic heterocycles. The van der Waals surface area contributed by atoms with Gasteiger partial charge in [-0.3, -0.25) is 0 Å². The highest BCUT2D eigenvalue weighted by atomic mass is 32.2. The molecule has 0 amide bonds. The Labute approximate surface area is 141 Å². The Morgan fingerprint density at radius 1 is 1.30 bits per heavy atom. The van der Waals surface area contributed by atoms with Crippen LogP contribution in [0, 0.1) is 0 Å². The molecule has 23 heavy (non-hydrogen) atoms. The number of hydrogen-bond donors (Lipinski definition) is 1. The number of aromatic amines is 1. The molecule has 0 atom stereocenters. The van der Waals surface area contributed by atoms with E-state index in [0.717, 1.165) is 34.9 Å². The second-order valence-corrected chi connectivity index (χ2v) is 8.25. The molecular formula is C17H25N3O2S. The zero-order chi connectivity index (χ0) is 18.2. The lowest BCUT2D eigenvalue weighted by molar-refractivity contribution is 0.414. The molecule has 3 rings (SSSR count). The largest absolute Gasteiger partial charge is 0.361 e. The molecule has 1 saturated heterocycles. The second-order valence-electron chi connectivity index (χ2n) is 6.29. The van der Waals surface area contributed by atoms with Crippen molar-refractivity contribution in [2.75, 3.05) is 33.7 Å². The Morgan fingerprint density at radius 2 is 2.04 bits per heavy atom. The number of fused-ring (bicyclic) bond motifs is 1. The van der Waals surface area contributed by atoms with Crippen LogP contribution in [0.1, 0.15) is 26.7 Å². The lowest BCUT2D eigenvalue weighted by Gasteiger charge is -2.15. The minimum absolute atomic E-state index is 0.00582. The predicted octanol–water partition coefficient (Wildman–Crippen LogP) is 2.20. The molecule has 0 spiro atoms. The second kappa shape index (κ2) is 6.63. The molecule has 0 unspecified atom stereocenters. The van der Waals surface area contributed by atoms with Gasteiger partial charge in [0, 0.05) is 39.4 Å². The Balaban J connectivity index is 1.87. The number of hydrogen-bond acceptors (Lipinski definition) is 3. The number of sulfonamides is 1. The van der Waals surface area contributed by atoms with E-state index in [4.69, 9.17) is 2.74 Å². The molecule has 2 aromatic rings. The Kier molecular flexibility index (Phi) is 4.04. The van der Waals surface area contributed by atoms with Crippen molar-refractivity contribution in [3.63, 3.8) is 0 Å². The summed E-state index contributed by atoms with van der Waals surface area (Å²) in [5.41, 5.74) is 2.49. The van der Waals surface area contributed by atoms with Crippen LogP contribution in [0.3, 0.4) is 0 Å². The third-order valence-electron chi connectivity index (χ3n) is 4.23. The van der Waals surface area contributed by atoms with E-state index in [0.29, 0.717) is 13.1 Å². The number of nitrogens with one attached hydrogen (secondary N) is 1. The van der Waals surface area contributed by atoms with Crippen molar-refractivity contribution in [1.82, 2.24) is 14.2 Å². The number of likely N-dealkylation sites (N-methyl/N-ethyl adjacent to an activating group) is 1. The van der Waals surface area contributed by atoms with E-state index in [-0.39, 0.29) is 12.2 Å². The lowest BCUT2D eigenvalue weighted by atomic mass is 10.1. The normalized spacial score (nSPS) is 18.6. The molecule has 2 heterocycles. The van der Waals surface area contributed by atoms with E-state index in [1.54, 1.807) is 23.3 Å². The van der Waals surface area contributed by atoms with Crippen LogP contribution in [0.4, 0.5) is 0 Å². The van der Waals surface area contributed by atoms with Crippen LogP contribution in [-0.2, 0) is 22.2 Å². The van der Waals surface area contributed by atoms with Crippen LogP contribution >= 0.6 is 0 Å². The molecule has 6 heteroatoms. The van der Waals surface area contributed by atoms with Crippen molar-refractivity contribution >= 4 is 20.9 Å². The number of H-pyrrole nitrogens is 1. The van der Waals surface area contributed by atoms with Gasteiger partial charge >= 0.3 is 0 Å². The molecule has 1 N–H and O–H groups in total. The molecule has 1 aromatic heterocycles. The zero-order valence-electron chi connectivity index (χ0n) is 15.7. The maximum Gasteiger partial charge on any atom is 0.218 e. The van der Waals surface area contributed by atoms with Crippen molar-refractivity contribution in [2.45, 2.75) is 25.0 Å². The summed E-state index contributed by atoms with van der Waals surface area (Å²) in [6.07, 6.45) is 3.91. The number of rotatable bonds is 6. The fourth-order valence-electron chi connectivity index (χ4n) is 2.97. The molecule has 1 aliphatic rings. The Hall–Kier alpha value is -1.37. The van der Waals surface area contributed by atoms with Crippen molar-refractivity contribution in [3.05, 3.63) is 35.5 Å². The highest BCUT2D eigenvalue weighted by Gasteiger charge is 2.25. The number of aryl methyl sites for hydroxylation is 1. The van der Waals surface area contributed by atoms with E-state index in [9.17, 15) is 8.42 Å². The summed E-state index contributed by atoms with van der Waals surface area (Å²) < 4.78 is 42.9. The molecule has 5 nitrogen and oxygen atoms in total. The van der Waals surface area contributed by atoms with E-state index in [2.05, 4.69) is 4.98 Å². The van der Waals surface area contributed by atoms with Gasteiger partial charge in [0.05, 0.1) is 5.75 Å². The molecule has 1 fully saturated rings. The molecule has 126 valence electrons. The van der Waals surface area contributed by atoms with Crippen LogP contribution in [0.25, 0.3) is 10.9 Å². The lowest BCUT2D eigenvalue weighted by Crippen LogP contribution is -2.29.